The minimum absolute atomic E-state index is 0.0661. The third kappa shape index (κ3) is 3.89. The van der Waals surface area contributed by atoms with E-state index in [-0.39, 0.29) is 30.8 Å². The largest absolute Gasteiger partial charge is 0.462 e. The molecule has 0 N–H and O–H groups in total. The Kier molecular flexibility index (Phi) is 5.91. The number of hydrogen-bond donors (Lipinski definition) is 0. The predicted molar refractivity (Wildman–Crippen MR) is 97.9 cm³/mol. The number of benzene rings is 1. The first-order chi connectivity index (χ1) is 12.6. The van der Waals surface area contributed by atoms with Crippen LogP contribution in [0.25, 0.3) is 0 Å². The van der Waals surface area contributed by atoms with E-state index in [1.807, 2.05) is 4.90 Å². The quantitative estimate of drug-likeness (QED) is 0.776. The van der Waals surface area contributed by atoms with E-state index in [1.165, 1.54) is 0 Å². The number of para-hydroxylation sites is 1. The van der Waals surface area contributed by atoms with Gasteiger partial charge in [-0.15, -0.1) is 0 Å². The number of ether oxygens (including phenoxy) is 1. The first kappa shape index (κ1) is 18.4. The van der Waals surface area contributed by atoms with Crippen molar-refractivity contribution < 1.29 is 19.1 Å². The molecular weight excluding hydrogens is 332 g/mol. The summed E-state index contributed by atoms with van der Waals surface area (Å²) in [6.45, 7) is 3.91. The van der Waals surface area contributed by atoms with Gasteiger partial charge in [0, 0.05) is 26.1 Å². The van der Waals surface area contributed by atoms with Crippen LogP contribution in [-0.2, 0) is 14.3 Å². The van der Waals surface area contributed by atoms with Gasteiger partial charge in [0.1, 0.15) is 0 Å². The Morgan fingerprint density at radius 2 is 1.81 bits per heavy atom. The van der Waals surface area contributed by atoms with E-state index < -0.39 is 5.97 Å². The van der Waals surface area contributed by atoms with E-state index in [4.69, 9.17) is 4.74 Å². The second-order valence-corrected chi connectivity index (χ2v) is 6.88. The minimum atomic E-state index is -0.446. The van der Waals surface area contributed by atoms with E-state index in [0.717, 1.165) is 38.8 Å². The van der Waals surface area contributed by atoms with Crippen LogP contribution in [0.2, 0.25) is 0 Å². The second-order valence-electron chi connectivity index (χ2n) is 6.88. The molecule has 0 saturated carbocycles. The molecular formula is C20H26N2O4. The fourth-order valence-electron chi connectivity index (χ4n) is 3.75. The summed E-state index contributed by atoms with van der Waals surface area (Å²) in [5.74, 6) is -0.833. The fraction of sp³-hybridized carbons (Fsp3) is 0.550. The summed E-state index contributed by atoms with van der Waals surface area (Å²) in [5, 5.41) is 0. The molecule has 0 radical (unpaired) electrons. The Balaban J connectivity index is 1.76. The zero-order valence-electron chi connectivity index (χ0n) is 15.3. The van der Waals surface area contributed by atoms with Gasteiger partial charge in [-0.3, -0.25) is 9.59 Å². The normalized spacial score (nSPS) is 20.8. The van der Waals surface area contributed by atoms with Gasteiger partial charge in [0.25, 0.3) is 0 Å². The molecule has 1 aromatic carbocycles. The molecule has 1 aromatic rings. The molecule has 2 amide bonds. The molecule has 2 heterocycles. The Hall–Kier alpha value is -2.37. The van der Waals surface area contributed by atoms with Gasteiger partial charge < -0.3 is 14.5 Å². The molecule has 0 bridgehead atoms. The third-order valence-corrected chi connectivity index (χ3v) is 5.08. The van der Waals surface area contributed by atoms with Crippen molar-refractivity contribution in [2.24, 2.45) is 5.92 Å². The van der Waals surface area contributed by atoms with Gasteiger partial charge in [-0.05, 0) is 31.9 Å². The summed E-state index contributed by atoms with van der Waals surface area (Å²) < 4.78 is 5.09. The van der Waals surface area contributed by atoms with Gasteiger partial charge in [0.15, 0.2) is 0 Å². The molecule has 6 nitrogen and oxygen atoms in total. The van der Waals surface area contributed by atoms with E-state index in [9.17, 15) is 14.4 Å². The van der Waals surface area contributed by atoms with Crippen molar-refractivity contribution >= 4 is 23.5 Å². The Labute approximate surface area is 154 Å². The summed E-state index contributed by atoms with van der Waals surface area (Å²) >= 11 is 0. The van der Waals surface area contributed by atoms with Crippen LogP contribution in [0.3, 0.4) is 0 Å². The number of amides is 2. The van der Waals surface area contributed by atoms with E-state index in [0.29, 0.717) is 17.8 Å². The van der Waals surface area contributed by atoms with Crippen molar-refractivity contribution in [3.05, 3.63) is 29.8 Å². The molecule has 2 aliphatic rings. The molecule has 0 aromatic heterocycles. The third-order valence-electron chi connectivity index (χ3n) is 5.08. The standard InChI is InChI=1S/C20H26N2O4/c1-2-26-20(25)16-9-5-6-10-17(16)22-14-15(13-18(22)23)19(24)21-11-7-3-4-8-12-21/h5-6,9-10,15H,2-4,7-8,11-14H2,1H3. The summed E-state index contributed by atoms with van der Waals surface area (Å²) in [5.41, 5.74) is 0.896. The molecule has 26 heavy (non-hydrogen) atoms. The van der Waals surface area contributed by atoms with Crippen LogP contribution in [0, 0.1) is 5.92 Å². The summed E-state index contributed by atoms with van der Waals surface area (Å²) in [7, 11) is 0. The Morgan fingerprint density at radius 3 is 2.50 bits per heavy atom. The molecule has 0 aliphatic carbocycles. The van der Waals surface area contributed by atoms with Crippen molar-refractivity contribution in [3.63, 3.8) is 0 Å². The monoisotopic (exact) mass is 358 g/mol. The van der Waals surface area contributed by atoms with Crippen molar-refractivity contribution in [2.45, 2.75) is 39.0 Å². The van der Waals surface area contributed by atoms with Crippen molar-refractivity contribution in [3.8, 4) is 0 Å². The molecule has 140 valence electrons. The van der Waals surface area contributed by atoms with Crippen molar-refractivity contribution in [2.75, 3.05) is 31.1 Å². The molecule has 3 rings (SSSR count). The lowest BCUT2D eigenvalue weighted by Gasteiger charge is -2.24. The highest BCUT2D eigenvalue weighted by atomic mass is 16.5. The van der Waals surface area contributed by atoms with Gasteiger partial charge in [0.2, 0.25) is 11.8 Å². The number of esters is 1. The smallest absolute Gasteiger partial charge is 0.340 e. The number of carbonyl (C=O) groups is 3. The number of likely N-dealkylation sites (tertiary alicyclic amines) is 1. The van der Waals surface area contributed by atoms with Crippen LogP contribution >= 0.6 is 0 Å². The Morgan fingerprint density at radius 1 is 1.12 bits per heavy atom. The highest BCUT2D eigenvalue weighted by molar-refractivity contribution is 6.05. The summed E-state index contributed by atoms with van der Waals surface area (Å²) in [6.07, 6.45) is 4.58. The lowest BCUT2D eigenvalue weighted by atomic mass is 10.1. The van der Waals surface area contributed by atoms with E-state index in [1.54, 1.807) is 36.1 Å². The number of hydrogen-bond acceptors (Lipinski definition) is 4. The van der Waals surface area contributed by atoms with Gasteiger partial charge in [0.05, 0.1) is 23.8 Å². The van der Waals surface area contributed by atoms with Crippen LogP contribution in [-0.4, -0.2) is 48.9 Å². The van der Waals surface area contributed by atoms with Gasteiger partial charge in [-0.2, -0.15) is 0 Å². The molecule has 1 unspecified atom stereocenters. The number of anilines is 1. The average molecular weight is 358 g/mol. The van der Waals surface area contributed by atoms with Gasteiger partial charge in [-0.25, -0.2) is 4.79 Å². The zero-order valence-corrected chi connectivity index (χ0v) is 15.3. The van der Waals surface area contributed by atoms with E-state index >= 15 is 0 Å². The lowest BCUT2D eigenvalue weighted by Crippen LogP contribution is -2.38. The molecule has 1 atom stereocenters. The average Bonchev–Trinajstić information content (AvgIpc) is 2.85. The van der Waals surface area contributed by atoms with Crippen molar-refractivity contribution in [1.82, 2.24) is 4.90 Å². The van der Waals surface area contributed by atoms with E-state index in [2.05, 4.69) is 0 Å². The van der Waals surface area contributed by atoms with Crippen LogP contribution in [0.4, 0.5) is 5.69 Å². The maximum Gasteiger partial charge on any atom is 0.340 e. The number of nitrogens with zero attached hydrogens (tertiary/aromatic N) is 2. The van der Waals surface area contributed by atoms with Crippen LogP contribution in [0.1, 0.15) is 49.4 Å². The van der Waals surface area contributed by atoms with Gasteiger partial charge in [-0.1, -0.05) is 25.0 Å². The molecule has 0 spiro atoms. The molecule has 2 fully saturated rings. The van der Waals surface area contributed by atoms with Crippen molar-refractivity contribution in [1.29, 1.82) is 0 Å². The number of carbonyl (C=O) groups excluding carboxylic acids is 3. The first-order valence-electron chi connectivity index (χ1n) is 9.47. The first-order valence-corrected chi connectivity index (χ1v) is 9.47. The zero-order chi connectivity index (χ0) is 18.5. The Bertz CT molecular complexity index is 680. The highest BCUT2D eigenvalue weighted by Gasteiger charge is 2.38. The highest BCUT2D eigenvalue weighted by Crippen LogP contribution is 2.30. The number of rotatable bonds is 4. The fourth-order valence-corrected chi connectivity index (χ4v) is 3.75. The second kappa shape index (κ2) is 8.34. The maximum absolute atomic E-state index is 12.9. The minimum Gasteiger partial charge on any atom is -0.462 e. The summed E-state index contributed by atoms with van der Waals surface area (Å²) in [4.78, 5) is 41.1. The van der Waals surface area contributed by atoms with Crippen LogP contribution < -0.4 is 4.90 Å². The topological polar surface area (TPSA) is 66.9 Å². The van der Waals surface area contributed by atoms with Crippen LogP contribution in [0.15, 0.2) is 24.3 Å². The summed E-state index contributed by atoms with van der Waals surface area (Å²) in [6, 6.07) is 6.93. The lowest BCUT2D eigenvalue weighted by molar-refractivity contribution is -0.135. The maximum atomic E-state index is 12.9. The van der Waals surface area contributed by atoms with Gasteiger partial charge >= 0.3 is 5.97 Å². The molecule has 2 aliphatic heterocycles. The molecule has 6 heteroatoms. The van der Waals surface area contributed by atoms with Crippen LogP contribution in [0.5, 0.6) is 0 Å². The molecule has 2 saturated heterocycles. The predicted octanol–water partition coefficient (Wildman–Crippen LogP) is 2.62. The SMILES string of the molecule is CCOC(=O)c1ccccc1N1CC(C(=O)N2CCCCCC2)CC1=O.